The Kier molecular flexibility index (Phi) is 5.07. The normalized spacial score (nSPS) is 10.5. The molecule has 0 aliphatic rings. The lowest BCUT2D eigenvalue weighted by molar-refractivity contribution is -0.141. The van der Waals surface area contributed by atoms with Gasteiger partial charge in [-0.15, -0.1) is 0 Å². The number of hydrogen-bond donors (Lipinski definition) is 0. The van der Waals surface area contributed by atoms with Crippen LogP contribution in [0.3, 0.4) is 0 Å². The summed E-state index contributed by atoms with van der Waals surface area (Å²) in [5, 5.41) is 0. The lowest BCUT2D eigenvalue weighted by Gasteiger charge is -2.25. The molecule has 20 heavy (non-hydrogen) atoms. The van der Waals surface area contributed by atoms with Gasteiger partial charge in [0.15, 0.2) is 5.78 Å². The van der Waals surface area contributed by atoms with Gasteiger partial charge in [0, 0.05) is 24.8 Å². The number of methoxy groups -OCH3 is 1. The molecule has 0 fully saturated rings. The molecule has 1 amide bonds. The summed E-state index contributed by atoms with van der Waals surface area (Å²) in [5.74, 6) is -0.892. The molecule has 1 aromatic rings. The van der Waals surface area contributed by atoms with Crippen LogP contribution in [0, 0.1) is 0 Å². The smallest absolute Gasteiger partial charge is 0.325 e. The first-order valence-corrected chi connectivity index (χ1v) is 6.33. The van der Waals surface area contributed by atoms with Gasteiger partial charge in [0.1, 0.15) is 12.2 Å². The van der Waals surface area contributed by atoms with Crippen LogP contribution in [0.2, 0.25) is 0 Å². The molecule has 1 heterocycles. The number of esters is 1. The molecule has 6 heteroatoms. The number of nitrogens with zero attached hydrogens (tertiary/aromatic N) is 2. The predicted octanol–water partition coefficient (Wildman–Crippen LogP) is 1.25. The van der Waals surface area contributed by atoms with E-state index in [0.717, 1.165) is 0 Å². The van der Waals surface area contributed by atoms with E-state index in [9.17, 15) is 14.4 Å². The van der Waals surface area contributed by atoms with E-state index in [1.54, 1.807) is 17.8 Å². The summed E-state index contributed by atoms with van der Waals surface area (Å²) in [6.07, 6.45) is 1.60. The van der Waals surface area contributed by atoms with Crippen LogP contribution in [0.4, 0.5) is 0 Å². The van der Waals surface area contributed by atoms with Crippen LogP contribution in [0.1, 0.15) is 41.6 Å². The fourth-order valence-electron chi connectivity index (χ4n) is 1.81. The SMILES string of the molecule is COC(=O)CN(C(=O)c1cc(C(C)=O)cn1C)C(C)C. The quantitative estimate of drug-likeness (QED) is 0.601. The van der Waals surface area contributed by atoms with Crippen LogP contribution in [0.15, 0.2) is 12.3 Å². The van der Waals surface area contributed by atoms with E-state index in [4.69, 9.17) is 0 Å². The number of carbonyl (C=O) groups excluding carboxylic acids is 3. The number of carbonyl (C=O) groups is 3. The van der Waals surface area contributed by atoms with Crippen molar-refractivity contribution in [3.05, 3.63) is 23.5 Å². The molecular formula is C14H20N2O4. The Balaban J connectivity index is 3.06. The van der Waals surface area contributed by atoms with Crippen molar-refractivity contribution in [3.63, 3.8) is 0 Å². The molecule has 0 N–H and O–H groups in total. The molecule has 0 spiro atoms. The third-order valence-corrected chi connectivity index (χ3v) is 3.04. The van der Waals surface area contributed by atoms with Gasteiger partial charge in [-0.25, -0.2) is 0 Å². The van der Waals surface area contributed by atoms with E-state index in [0.29, 0.717) is 11.3 Å². The van der Waals surface area contributed by atoms with Crippen molar-refractivity contribution in [2.75, 3.05) is 13.7 Å². The molecule has 1 aromatic heterocycles. The third-order valence-electron chi connectivity index (χ3n) is 3.04. The van der Waals surface area contributed by atoms with E-state index >= 15 is 0 Å². The number of amides is 1. The van der Waals surface area contributed by atoms with Crippen molar-refractivity contribution in [2.45, 2.75) is 26.8 Å². The van der Waals surface area contributed by atoms with Crippen LogP contribution >= 0.6 is 0 Å². The van der Waals surface area contributed by atoms with E-state index < -0.39 is 5.97 Å². The zero-order chi connectivity index (χ0) is 15.4. The number of Topliss-reactive ketones (excluding diaryl/α,β-unsaturated/α-hetero) is 1. The van der Waals surface area contributed by atoms with E-state index in [1.165, 1.54) is 25.0 Å². The second-order valence-corrected chi connectivity index (χ2v) is 4.88. The fraction of sp³-hybridized carbons (Fsp3) is 0.500. The number of ether oxygens (including phenoxy) is 1. The second kappa shape index (κ2) is 6.36. The number of rotatable bonds is 5. The highest BCUT2D eigenvalue weighted by atomic mass is 16.5. The van der Waals surface area contributed by atoms with Crippen molar-refractivity contribution >= 4 is 17.7 Å². The zero-order valence-electron chi connectivity index (χ0n) is 12.5. The lowest BCUT2D eigenvalue weighted by atomic mass is 10.2. The van der Waals surface area contributed by atoms with Crippen molar-refractivity contribution < 1.29 is 19.1 Å². The van der Waals surface area contributed by atoms with Gasteiger partial charge >= 0.3 is 5.97 Å². The number of hydrogen-bond acceptors (Lipinski definition) is 4. The van der Waals surface area contributed by atoms with E-state index in [2.05, 4.69) is 4.74 Å². The topological polar surface area (TPSA) is 68.6 Å². The summed E-state index contributed by atoms with van der Waals surface area (Å²) in [7, 11) is 2.97. The third kappa shape index (κ3) is 3.46. The molecule has 6 nitrogen and oxygen atoms in total. The van der Waals surface area contributed by atoms with Gasteiger partial charge in [-0.3, -0.25) is 14.4 Å². The number of aromatic nitrogens is 1. The van der Waals surface area contributed by atoms with E-state index in [-0.39, 0.29) is 24.3 Å². The average Bonchev–Trinajstić information content (AvgIpc) is 2.76. The number of ketones is 1. The van der Waals surface area contributed by atoms with Gasteiger partial charge in [0.25, 0.3) is 5.91 Å². The number of aryl methyl sites for hydroxylation is 1. The maximum absolute atomic E-state index is 12.5. The first-order chi connectivity index (χ1) is 9.27. The molecule has 0 aromatic carbocycles. The molecule has 0 unspecified atom stereocenters. The van der Waals surface area contributed by atoms with Crippen LogP contribution in [0.5, 0.6) is 0 Å². The van der Waals surface area contributed by atoms with Gasteiger partial charge in [0.05, 0.1) is 7.11 Å². The Morgan fingerprint density at radius 1 is 1.35 bits per heavy atom. The molecule has 0 saturated carbocycles. The predicted molar refractivity (Wildman–Crippen MR) is 73.6 cm³/mol. The molecule has 1 rings (SSSR count). The summed E-state index contributed by atoms with van der Waals surface area (Å²) in [5.41, 5.74) is 0.838. The maximum atomic E-state index is 12.5. The van der Waals surface area contributed by atoms with Crippen LogP contribution < -0.4 is 0 Å². The van der Waals surface area contributed by atoms with Crippen molar-refractivity contribution in [1.29, 1.82) is 0 Å². The summed E-state index contributed by atoms with van der Waals surface area (Å²) in [6, 6.07) is 1.38. The Bertz CT molecular complexity index is 531. The summed E-state index contributed by atoms with van der Waals surface area (Å²) in [6.45, 7) is 4.96. The summed E-state index contributed by atoms with van der Waals surface area (Å²) in [4.78, 5) is 36.6. The molecule has 0 saturated heterocycles. The Morgan fingerprint density at radius 3 is 2.35 bits per heavy atom. The summed E-state index contributed by atoms with van der Waals surface area (Å²) < 4.78 is 6.19. The molecule has 0 aliphatic heterocycles. The molecule has 0 bridgehead atoms. The highest BCUT2D eigenvalue weighted by Crippen LogP contribution is 2.13. The fourth-order valence-corrected chi connectivity index (χ4v) is 1.81. The molecule has 0 aliphatic carbocycles. The monoisotopic (exact) mass is 280 g/mol. The van der Waals surface area contributed by atoms with Crippen LogP contribution in [0.25, 0.3) is 0 Å². The Hall–Kier alpha value is -2.11. The maximum Gasteiger partial charge on any atom is 0.325 e. The second-order valence-electron chi connectivity index (χ2n) is 4.88. The van der Waals surface area contributed by atoms with Crippen molar-refractivity contribution in [2.24, 2.45) is 7.05 Å². The minimum absolute atomic E-state index is 0.108. The highest BCUT2D eigenvalue weighted by Gasteiger charge is 2.24. The average molecular weight is 280 g/mol. The van der Waals surface area contributed by atoms with Gasteiger partial charge in [-0.1, -0.05) is 0 Å². The van der Waals surface area contributed by atoms with Crippen LogP contribution in [-0.2, 0) is 16.6 Å². The van der Waals surface area contributed by atoms with Crippen LogP contribution in [-0.4, -0.2) is 46.8 Å². The van der Waals surface area contributed by atoms with Gasteiger partial charge in [-0.2, -0.15) is 0 Å². The Morgan fingerprint density at radius 2 is 1.95 bits per heavy atom. The molecule has 0 radical (unpaired) electrons. The summed E-state index contributed by atoms with van der Waals surface area (Å²) >= 11 is 0. The van der Waals surface area contributed by atoms with Gasteiger partial charge < -0.3 is 14.2 Å². The molecule has 110 valence electrons. The minimum atomic E-state index is -0.479. The standard InChI is InChI=1S/C14H20N2O4/c1-9(2)16(8-13(18)20-5)14(19)12-6-11(10(3)17)7-15(12)4/h6-7,9H,8H2,1-5H3. The Labute approximate surface area is 118 Å². The van der Waals surface area contributed by atoms with E-state index in [1.807, 2.05) is 13.8 Å². The first-order valence-electron chi connectivity index (χ1n) is 6.33. The highest BCUT2D eigenvalue weighted by molar-refractivity contribution is 6.00. The van der Waals surface area contributed by atoms with Crippen molar-refractivity contribution in [3.8, 4) is 0 Å². The van der Waals surface area contributed by atoms with Gasteiger partial charge in [-0.05, 0) is 26.8 Å². The zero-order valence-corrected chi connectivity index (χ0v) is 12.5. The minimum Gasteiger partial charge on any atom is -0.468 e. The lowest BCUT2D eigenvalue weighted by Crippen LogP contribution is -2.41. The molecule has 0 atom stereocenters. The molecular weight excluding hydrogens is 260 g/mol. The van der Waals surface area contributed by atoms with Gasteiger partial charge in [0.2, 0.25) is 0 Å². The first kappa shape index (κ1) is 15.9. The van der Waals surface area contributed by atoms with Crippen molar-refractivity contribution in [1.82, 2.24) is 9.47 Å². The largest absolute Gasteiger partial charge is 0.468 e.